The molecule has 0 nitrogen and oxygen atoms in total. The fourth-order valence-electron chi connectivity index (χ4n) is 0.922. The van der Waals surface area contributed by atoms with E-state index in [1.807, 2.05) is 6.07 Å². The van der Waals surface area contributed by atoms with E-state index in [-0.39, 0.29) is 0 Å². The summed E-state index contributed by atoms with van der Waals surface area (Å²) in [5, 5.41) is 0. The molecule has 11 heavy (non-hydrogen) atoms. The van der Waals surface area contributed by atoms with Crippen LogP contribution in [0.2, 0.25) is 0 Å². The summed E-state index contributed by atoms with van der Waals surface area (Å²) in [5.74, 6) is -0.416. The molecule has 0 saturated heterocycles. The topological polar surface area (TPSA) is 0 Å². The first-order chi connectivity index (χ1) is 5.25. The molecular weight excluding hydrogens is 139 g/mol. The van der Waals surface area contributed by atoms with Gasteiger partial charge < -0.3 is 0 Å². The smallest absolute Gasteiger partial charge is 0.123 e. The molecule has 0 spiro atoms. The van der Waals surface area contributed by atoms with Gasteiger partial charge in [-0.3, -0.25) is 0 Å². The van der Waals surface area contributed by atoms with Crippen molar-refractivity contribution in [2.75, 3.05) is 0 Å². The number of halogens is 1. The van der Waals surface area contributed by atoms with Gasteiger partial charge in [-0.05, 0) is 5.56 Å². The zero-order valence-electron chi connectivity index (χ0n) is 6.18. The Bertz CT molecular complexity index is 287. The zero-order valence-corrected chi connectivity index (χ0v) is 6.18. The first kappa shape index (κ1) is 7.73. The Kier molecular flexibility index (Phi) is 2.21. The highest BCUT2D eigenvalue weighted by Gasteiger charge is 1.99. The van der Waals surface area contributed by atoms with E-state index in [9.17, 15) is 4.39 Å². The summed E-state index contributed by atoms with van der Waals surface area (Å²) >= 11 is 0. The van der Waals surface area contributed by atoms with Gasteiger partial charge in [-0.15, -0.1) is 0 Å². The van der Waals surface area contributed by atoms with E-state index in [2.05, 4.69) is 13.2 Å². The maximum absolute atomic E-state index is 12.6. The largest absolute Gasteiger partial charge is 0.207 e. The zero-order chi connectivity index (χ0) is 8.27. The second kappa shape index (κ2) is 3.15. The van der Waals surface area contributed by atoms with Crippen molar-refractivity contribution >= 4 is 11.9 Å². The van der Waals surface area contributed by atoms with E-state index in [4.69, 9.17) is 0 Å². The molecule has 0 atom stereocenters. The van der Waals surface area contributed by atoms with Gasteiger partial charge in [-0.2, -0.15) is 0 Å². The maximum atomic E-state index is 12.6. The third kappa shape index (κ3) is 1.55. The lowest BCUT2D eigenvalue weighted by Crippen LogP contribution is -1.81. The van der Waals surface area contributed by atoms with Gasteiger partial charge >= 0.3 is 0 Å². The first-order valence-electron chi connectivity index (χ1n) is 3.32. The molecule has 0 saturated carbocycles. The molecule has 0 amide bonds. The third-order valence-corrected chi connectivity index (χ3v) is 1.47. The fourth-order valence-corrected chi connectivity index (χ4v) is 0.922. The van der Waals surface area contributed by atoms with Gasteiger partial charge in [-0.1, -0.05) is 43.5 Å². The van der Waals surface area contributed by atoms with E-state index < -0.39 is 5.83 Å². The van der Waals surface area contributed by atoms with Crippen LogP contribution in [-0.4, -0.2) is 0 Å². The van der Waals surface area contributed by atoms with E-state index in [1.165, 1.54) is 0 Å². The second-order valence-electron chi connectivity index (χ2n) is 2.20. The molecule has 0 aromatic heterocycles. The van der Waals surface area contributed by atoms with E-state index in [0.717, 1.165) is 5.56 Å². The van der Waals surface area contributed by atoms with Crippen LogP contribution in [0.1, 0.15) is 11.1 Å². The Balaban J connectivity index is 3.22. The predicted octanol–water partition coefficient (Wildman–Crippen LogP) is 3.27. The average molecular weight is 148 g/mol. The molecule has 0 heterocycles. The van der Waals surface area contributed by atoms with Gasteiger partial charge in [0.2, 0.25) is 0 Å². The van der Waals surface area contributed by atoms with Crippen molar-refractivity contribution in [2.45, 2.75) is 0 Å². The lowest BCUT2D eigenvalue weighted by Gasteiger charge is -2.00. The molecule has 0 aliphatic heterocycles. The minimum Gasteiger partial charge on any atom is -0.207 e. The van der Waals surface area contributed by atoms with Gasteiger partial charge in [-0.25, -0.2) is 4.39 Å². The Labute approximate surface area is 65.7 Å². The van der Waals surface area contributed by atoms with Crippen LogP contribution in [0.15, 0.2) is 37.4 Å². The summed E-state index contributed by atoms with van der Waals surface area (Å²) in [6.45, 7) is 6.79. The fraction of sp³-hybridized carbons (Fsp3) is 0. The van der Waals surface area contributed by atoms with Crippen molar-refractivity contribution < 1.29 is 4.39 Å². The molecule has 1 rings (SSSR count). The standard InChI is InChI=1S/C10H9F/c1-3-9-6-4-5-7-10(9)8(2)11/h3-7H,1-2H2. The summed E-state index contributed by atoms with van der Waals surface area (Å²) in [7, 11) is 0. The summed E-state index contributed by atoms with van der Waals surface area (Å²) in [4.78, 5) is 0. The molecular formula is C10H9F. The Morgan fingerprint density at radius 1 is 1.36 bits per heavy atom. The number of benzene rings is 1. The molecule has 1 aromatic carbocycles. The second-order valence-corrected chi connectivity index (χ2v) is 2.20. The Morgan fingerprint density at radius 3 is 2.45 bits per heavy atom. The maximum Gasteiger partial charge on any atom is 0.123 e. The van der Waals surface area contributed by atoms with Crippen molar-refractivity contribution in [3.05, 3.63) is 48.6 Å². The third-order valence-electron chi connectivity index (χ3n) is 1.47. The summed E-state index contributed by atoms with van der Waals surface area (Å²) in [6, 6.07) is 7.09. The van der Waals surface area contributed by atoms with Crippen LogP contribution < -0.4 is 0 Å². The first-order valence-corrected chi connectivity index (χ1v) is 3.32. The monoisotopic (exact) mass is 148 g/mol. The van der Waals surface area contributed by atoms with Crippen LogP contribution in [0.4, 0.5) is 4.39 Å². The number of hydrogen-bond acceptors (Lipinski definition) is 0. The van der Waals surface area contributed by atoms with Crippen molar-refractivity contribution in [1.29, 1.82) is 0 Å². The van der Waals surface area contributed by atoms with Crippen LogP contribution >= 0.6 is 0 Å². The number of rotatable bonds is 2. The van der Waals surface area contributed by atoms with Gasteiger partial charge in [0.25, 0.3) is 0 Å². The van der Waals surface area contributed by atoms with Crippen molar-refractivity contribution in [3.8, 4) is 0 Å². The molecule has 1 heteroatoms. The Morgan fingerprint density at radius 2 is 2.00 bits per heavy atom. The van der Waals surface area contributed by atoms with Crippen LogP contribution in [0.5, 0.6) is 0 Å². The van der Waals surface area contributed by atoms with Gasteiger partial charge in [0, 0.05) is 5.56 Å². The van der Waals surface area contributed by atoms with Crippen molar-refractivity contribution in [2.24, 2.45) is 0 Å². The quantitative estimate of drug-likeness (QED) is 0.603. The van der Waals surface area contributed by atoms with E-state index >= 15 is 0 Å². The summed E-state index contributed by atoms with van der Waals surface area (Å²) < 4.78 is 12.6. The molecule has 0 bridgehead atoms. The average Bonchev–Trinajstić information content (AvgIpc) is 2.04. The van der Waals surface area contributed by atoms with Crippen molar-refractivity contribution in [3.63, 3.8) is 0 Å². The van der Waals surface area contributed by atoms with Crippen LogP contribution in [0, 0.1) is 0 Å². The molecule has 0 unspecified atom stereocenters. The van der Waals surface area contributed by atoms with Crippen LogP contribution in [0.3, 0.4) is 0 Å². The van der Waals surface area contributed by atoms with Gasteiger partial charge in [0.1, 0.15) is 5.83 Å². The Hall–Kier alpha value is -1.37. The predicted molar refractivity (Wildman–Crippen MR) is 46.7 cm³/mol. The van der Waals surface area contributed by atoms with Gasteiger partial charge in [0.05, 0.1) is 0 Å². The summed E-state index contributed by atoms with van der Waals surface area (Å²) in [5.41, 5.74) is 1.29. The van der Waals surface area contributed by atoms with E-state index in [0.29, 0.717) is 5.56 Å². The molecule has 0 fully saturated rings. The van der Waals surface area contributed by atoms with Crippen LogP contribution in [-0.2, 0) is 0 Å². The van der Waals surface area contributed by atoms with Crippen LogP contribution in [0.25, 0.3) is 11.9 Å². The molecule has 1 aromatic rings. The lowest BCUT2D eigenvalue weighted by molar-refractivity contribution is 0.763. The highest BCUT2D eigenvalue weighted by atomic mass is 19.1. The molecule has 0 aliphatic carbocycles. The highest BCUT2D eigenvalue weighted by Crippen LogP contribution is 2.18. The SMILES string of the molecule is C=Cc1ccccc1C(=C)F. The summed E-state index contributed by atoms with van der Waals surface area (Å²) in [6.07, 6.45) is 1.61. The minimum atomic E-state index is -0.416. The lowest BCUT2D eigenvalue weighted by atomic mass is 10.1. The highest BCUT2D eigenvalue weighted by molar-refractivity contribution is 5.68. The minimum absolute atomic E-state index is 0.416. The normalized spacial score (nSPS) is 9.18. The molecule has 0 aliphatic rings. The van der Waals surface area contributed by atoms with E-state index in [1.54, 1.807) is 24.3 Å². The molecule has 56 valence electrons. The van der Waals surface area contributed by atoms with Gasteiger partial charge in [0.15, 0.2) is 0 Å². The molecule has 0 radical (unpaired) electrons. The number of hydrogen-bond donors (Lipinski definition) is 0. The van der Waals surface area contributed by atoms with Crippen molar-refractivity contribution in [1.82, 2.24) is 0 Å². The molecule has 0 N–H and O–H groups in total.